The lowest BCUT2D eigenvalue weighted by atomic mass is 9.98. The molecule has 0 aromatic carbocycles. The highest BCUT2D eigenvalue weighted by molar-refractivity contribution is 8.07. The molecule has 0 spiro atoms. The Morgan fingerprint density at radius 2 is 2.05 bits per heavy atom. The number of halogens is 3. The maximum Gasteiger partial charge on any atom is 0.416 e. The summed E-state index contributed by atoms with van der Waals surface area (Å²) in [6, 6.07) is 0.721. The Morgan fingerprint density at radius 3 is 2.65 bits per heavy atom. The monoisotopic (exact) mass is 322 g/mol. The number of alkyl halides is 3. The van der Waals surface area contributed by atoms with Crippen molar-refractivity contribution in [1.82, 2.24) is 10.3 Å². The minimum absolute atomic E-state index is 0.115. The second-order valence-corrected chi connectivity index (χ2v) is 7.41. The van der Waals surface area contributed by atoms with Crippen LogP contribution in [0.5, 0.6) is 0 Å². The van der Waals surface area contributed by atoms with E-state index < -0.39 is 11.7 Å². The van der Waals surface area contributed by atoms with Crippen LogP contribution in [-0.2, 0) is 6.18 Å². The van der Waals surface area contributed by atoms with E-state index in [4.69, 9.17) is 0 Å². The normalized spacial score (nSPS) is 25.4. The second-order valence-electron chi connectivity index (χ2n) is 4.64. The fourth-order valence-corrected chi connectivity index (χ4v) is 5.40. The third-order valence-corrected chi connectivity index (χ3v) is 6.56. The molecule has 1 N–H and O–H groups in total. The number of hydrogen-bond donors (Lipinski definition) is 1. The molecule has 1 aliphatic heterocycles. The van der Waals surface area contributed by atoms with Gasteiger partial charge >= 0.3 is 6.18 Å². The van der Waals surface area contributed by atoms with Gasteiger partial charge in [0.1, 0.15) is 0 Å². The van der Waals surface area contributed by atoms with Crippen LogP contribution < -0.4 is 5.32 Å². The molecule has 2 nitrogen and oxygen atoms in total. The number of nitrogens with zero attached hydrogens (tertiary/aromatic N) is 1. The molecule has 1 aromatic rings. The summed E-state index contributed by atoms with van der Waals surface area (Å²) in [6.07, 6.45) is -1.80. The van der Waals surface area contributed by atoms with Gasteiger partial charge in [0.2, 0.25) is 0 Å². The molecule has 0 aliphatic carbocycles. The smallest absolute Gasteiger partial charge is 0.312 e. The molecule has 1 saturated heterocycles. The zero-order valence-corrected chi connectivity index (χ0v) is 12.9. The number of rotatable bonds is 3. The van der Waals surface area contributed by atoms with Crippen molar-refractivity contribution in [3.8, 4) is 0 Å². The van der Waals surface area contributed by atoms with Crippen LogP contribution >= 0.6 is 23.5 Å². The average Bonchev–Trinajstić information content (AvgIpc) is 2.41. The van der Waals surface area contributed by atoms with Crippen LogP contribution in [0.2, 0.25) is 0 Å². The largest absolute Gasteiger partial charge is 0.416 e. The van der Waals surface area contributed by atoms with E-state index in [1.165, 1.54) is 12.4 Å². The van der Waals surface area contributed by atoms with Gasteiger partial charge in [-0.25, -0.2) is 0 Å². The first-order chi connectivity index (χ1) is 9.45. The van der Waals surface area contributed by atoms with E-state index in [0.29, 0.717) is 5.25 Å². The Bertz CT molecular complexity index is 453. The summed E-state index contributed by atoms with van der Waals surface area (Å²) in [6.45, 7) is 2.08. The highest BCUT2D eigenvalue weighted by atomic mass is 32.2. The van der Waals surface area contributed by atoms with Gasteiger partial charge in [0, 0.05) is 46.0 Å². The molecule has 3 atom stereocenters. The Hall–Kier alpha value is -0.400. The van der Waals surface area contributed by atoms with E-state index >= 15 is 0 Å². The number of nitrogens with one attached hydrogen (secondary N) is 1. The van der Waals surface area contributed by atoms with Crippen LogP contribution in [0.1, 0.15) is 24.1 Å². The number of thioether (sulfide) groups is 2. The Labute approximate surface area is 125 Å². The molecule has 1 aromatic heterocycles. The van der Waals surface area contributed by atoms with Crippen molar-refractivity contribution < 1.29 is 13.2 Å². The van der Waals surface area contributed by atoms with Crippen molar-refractivity contribution in [2.75, 3.05) is 18.6 Å². The van der Waals surface area contributed by atoms with Gasteiger partial charge in [0.05, 0.1) is 5.56 Å². The van der Waals surface area contributed by atoms with Gasteiger partial charge in [-0.2, -0.15) is 36.7 Å². The minimum Gasteiger partial charge on any atom is -0.312 e. The molecule has 112 valence electrons. The topological polar surface area (TPSA) is 24.9 Å². The summed E-state index contributed by atoms with van der Waals surface area (Å²) in [7, 11) is 1.71. The third-order valence-electron chi connectivity index (χ3n) is 3.37. The lowest BCUT2D eigenvalue weighted by Gasteiger charge is -2.35. The molecule has 20 heavy (non-hydrogen) atoms. The zero-order chi connectivity index (χ0) is 14.8. The standard InChI is InChI=1S/C13H17F3N2S2/c1-8-12(20-6-5-19-8)11(17-2)9-7-18-4-3-10(9)13(14,15)16/h3-4,7-8,11-12,17H,5-6H2,1-2H3. The van der Waals surface area contributed by atoms with Crippen molar-refractivity contribution in [2.45, 2.75) is 29.6 Å². The third kappa shape index (κ3) is 3.43. The number of pyridine rings is 1. The van der Waals surface area contributed by atoms with Crippen molar-refractivity contribution in [3.05, 3.63) is 29.6 Å². The molecule has 1 fully saturated rings. The van der Waals surface area contributed by atoms with Crippen LogP contribution in [-0.4, -0.2) is 34.0 Å². The Morgan fingerprint density at radius 1 is 1.35 bits per heavy atom. The molecule has 7 heteroatoms. The van der Waals surface area contributed by atoms with E-state index in [1.54, 1.807) is 18.8 Å². The summed E-state index contributed by atoms with van der Waals surface area (Å²) in [5, 5.41) is 3.48. The lowest BCUT2D eigenvalue weighted by Crippen LogP contribution is -2.37. The molecule has 1 aliphatic rings. The lowest BCUT2D eigenvalue weighted by molar-refractivity contribution is -0.138. The molecule has 0 amide bonds. The summed E-state index contributed by atoms with van der Waals surface area (Å²) < 4.78 is 39.4. The predicted octanol–water partition coefficient (Wildman–Crippen LogP) is 3.60. The number of hydrogen-bond acceptors (Lipinski definition) is 4. The van der Waals surface area contributed by atoms with Crippen molar-refractivity contribution in [3.63, 3.8) is 0 Å². The van der Waals surface area contributed by atoms with Gasteiger partial charge in [-0.1, -0.05) is 6.92 Å². The first kappa shape index (κ1) is 16.0. The van der Waals surface area contributed by atoms with Gasteiger partial charge in [0.25, 0.3) is 0 Å². The van der Waals surface area contributed by atoms with E-state index in [2.05, 4.69) is 17.2 Å². The first-order valence-corrected chi connectivity index (χ1v) is 8.46. The fourth-order valence-electron chi connectivity index (χ4n) is 2.43. The second kappa shape index (κ2) is 6.58. The highest BCUT2D eigenvalue weighted by Gasteiger charge is 2.38. The van der Waals surface area contributed by atoms with Gasteiger partial charge in [-0.15, -0.1) is 0 Å². The van der Waals surface area contributed by atoms with Crippen molar-refractivity contribution in [2.24, 2.45) is 0 Å². The van der Waals surface area contributed by atoms with Crippen LogP contribution in [0.4, 0.5) is 13.2 Å². The van der Waals surface area contributed by atoms with Gasteiger partial charge in [-0.05, 0) is 13.1 Å². The first-order valence-electron chi connectivity index (χ1n) is 6.36. The van der Waals surface area contributed by atoms with Crippen LogP contribution in [0.15, 0.2) is 18.5 Å². The fraction of sp³-hybridized carbons (Fsp3) is 0.615. The summed E-state index contributed by atoms with van der Waals surface area (Å²) in [4.78, 5) is 3.89. The molecule has 2 heterocycles. The van der Waals surface area contributed by atoms with E-state index in [0.717, 1.165) is 17.6 Å². The van der Waals surface area contributed by atoms with Crippen LogP contribution in [0.25, 0.3) is 0 Å². The molecule has 2 rings (SSSR count). The molecular formula is C13H17F3N2S2. The molecule has 0 radical (unpaired) electrons. The van der Waals surface area contributed by atoms with Crippen molar-refractivity contribution in [1.29, 1.82) is 0 Å². The molecule has 0 bridgehead atoms. The predicted molar refractivity (Wildman–Crippen MR) is 79.2 cm³/mol. The quantitative estimate of drug-likeness (QED) is 0.919. The van der Waals surface area contributed by atoms with Gasteiger partial charge < -0.3 is 5.32 Å². The maximum atomic E-state index is 13.1. The van der Waals surface area contributed by atoms with Crippen molar-refractivity contribution >= 4 is 23.5 Å². The summed E-state index contributed by atoms with van der Waals surface area (Å²) in [5.41, 5.74) is -0.343. The maximum absolute atomic E-state index is 13.1. The van der Waals surface area contributed by atoms with Crippen LogP contribution in [0, 0.1) is 0 Å². The molecular weight excluding hydrogens is 305 g/mol. The average molecular weight is 322 g/mol. The minimum atomic E-state index is -4.34. The van der Waals surface area contributed by atoms with E-state index in [1.807, 2.05) is 11.8 Å². The molecule has 0 saturated carbocycles. The number of aromatic nitrogens is 1. The van der Waals surface area contributed by atoms with E-state index in [-0.39, 0.29) is 16.9 Å². The van der Waals surface area contributed by atoms with Gasteiger partial charge in [-0.3, -0.25) is 4.98 Å². The zero-order valence-electron chi connectivity index (χ0n) is 11.3. The highest BCUT2D eigenvalue weighted by Crippen LogP contribution is 2.42. The SMILES string of the molecule is CNC(c1cnccc1C(F)(F)F)C1SCCSC1C. The Balaban J connectivity index is 2.37. The Kier molecular flexibility index (Phi) is 5.25. The van der Waals surface area contributed by atoms with E-state index in [9.17, 15) is 13.2 Å². The van der Waals surface area contributed by atoms with Gasteiger partial charge in [0.15, 0.2) is 0 Å². The molecule has 3 unspecified atom stereocenters. The summed E-state index contributed by atoms with van der Waals surface area (Å²) in [5.74, 6) is 2.03. The van der Waals surface area contributed by atoms with Crippen LogP contribution in [0.3, 0.4) is 0 Å². The summed E-state index contributed by atoms with van der Waals surface area (Å²) >= 11 is 3.56.